The number of halogens is 1. The van der Waals surface area contributed by atoms with Crippen LogP contribution in [-0.4, -0.2) is 111 Å². The number of anilines is 2. The summed E-state index contributed by atoms with van der Waals surface area (Å²) in [6.45, 7) is 6.51. The quantitative estimate of drug-likeness (QED) is 0.0632. The van der Waals surface area contributed by atoms with Gasteiger partial charge >= 0.3 is 0 Å². The number of rotatable bonds is 23. The Bertz CT molecular complexity index is 1550. The number of carbonyl (C=O) groups excluding carboxylic acids is 2. The van der Waals surface area contributed by atoms with Crippen LogP contribution in [0.5, 0.6) is 0 Å². The minimum Gasteiger partial charge on any atom is -0.394 e. The Morgan fingerprint density at radius 2 is 1.62 bits per heavy atom. The lowest BCUT2D eigenvalue weighted by Crippen LogP contribution is -2.47. The van der Waals surface area contributed by atoms with Gasteiger partial charge in [0.2, 0.25) is 0 Å². The predicted octanol–water partition coefficient (Wildman–Crippen LogP) is 1.67. The van der Waals surface area contributed by atoms with E-state index in [9.17, 15) is 24.9 Å². The average molecular weight is 743 g/mol. The number of benzene rings is 2. The van der Waals surface area contributed by atoms with Crippen molar-refractivity contribution in [2.24, 2.45) is 5.92 Å². The molecule has 3 rings (SSSR count). The molecule has 1 heterocycles. The van der Waals surface area contributed by atoms with Gasteiger partial charge in [0.1, 0.15) is 12.2 Å². The normalized spacial score (nSPS) is 13.8. The Morgan fingerprint density at radius 1 is 0.885 bits per heavy atom. The first-order valence-corrected chi connectivity index (χ1v) is 18.2. The second kappa shape index (κ2) is 22.2. The first-order valence-electron chi connectivity index (χ1n) is 17.8. The number of hydrogen-bond donors (Lipinski definition) is 9. The molecule has 0 saturated carbocycles. The predicted molar refractivity (Wildman–Crippen MR) is 203 cm³/mol. The lowest BCUT2D eigenvalue weighted by Gasteiger charge is -2.29. The molecular weight excluding hydrogens is 688 g/mol. The highest BCUT2D eigenvalue weighted by Gasteiger charge is 2.26. The highest BCUT2D eigenvalue weighted by atomic mass is 35.5. The summed E-state index contributed by atoms with van der Waals surface area (Å²) >= 11 is 5.97. The van der Waals surface area contributed by atoms with Crippen molar-refractivity contribution in [2.75, 3.05) is 57.3 Å². The first-order chi connectivity index (χ1) is 24.9. The minimum absolute atomic E-state index is 0.0175. The zero-order valence-corrected chi connectivity index (χ0v) is 30.9. The van der Waals surface area contributed by atoms with Gasteiger partial charge in [0.15, 0.2) is 22.5 Å². The molecule has 2 aromatic carbocycles. The number of nitrogen functional groups attached to an aromatic ring is 2. The first kappa shape index (κ1) is 42.5. The van der Waals surface area contributed by atoms with Gasteiger partial charge in [-0.25, -0.2) is 9.97 Å². The largest absolute Gasteiger partial charge is 0.394 e. The number of nitrogens with two attached hydrogens (primary N) is 2. The zero-order chi connectivity index (χ0) is 38.0. The van der Waals surface area contributed by atoms with E-state index < -0.39 is 30.8 Å². The Morgan fingerprint density at radius 3 is 2.31 bits per heavy atom. The van der Waals surface area contributed by atoms with E-state index in [0.29, 0.717) is 51.3 Å². The molecule has 0 aliphatic carbocycles. The molecule has 0 aliphatic rings. The molecule has 11 N–H and O–H groups in total. The van der Waals surface area contributed by atoms with Crippen molar-refractivity contribution in [2.45, 2.75) is 70.8 Å². The van der Waals surface area contributed by atoms with Gasteiger partial charge in [-0.15, -0.1) is 0 Å². The topological polar surface area (TPSA) is 232 Å². The number of aliphatic hydroxyl groups is 4. The standard InChI is InChI=1S/C37H55ClN8O6/c1-3-4-5-8-16-46(22-29(48)32(50)30(49)23-47)17-15-42-36(51)27-13-11-25(12-14-27)19-41-20-26(18-28-10-7-6-9-24(28)2)21-43-37(52)31-34(39)45-35(40)33(38)44-31/h6-7,9-14,26,29-30,32,41,47-50H,3-5,8,15-23H2,1-2H3,(H,42,51)(H,43,52)(H4,39,40,45)/t26-,29+,30-,32-/m0/s1. The Hall–Kier alpha value is -3.89. The molecule has 0 saturated heterocycles. The third-order valence-electron chi connectivity index (χ3n) is 8.88. The van der Waals surface area contributed by atoms with Gasteiger partial charge in [-0.05, 0) is 61.1 Å². The second-order valence-corrected chi connectivity index (χ2v) is 13.5. The van der Waals surface area contributed by atoms with E-state index in [0.717, 1.165) is 36.8 Å². The molecule has 0 fully saturated rings. The molecule has 0 bridgehead atoms. The maximum atomic E-state index is 12.9. The number of unbranched alkanes of at least 4 members (excludes halogenated alkanes) is 3. The highest BCUT2D eigenvalue weighted by molar-refractivity contribution is 6.31. The zero-order valence-electron chi connectivity index (χ0n) is 30.1. The van der Waals surface area contributed by atoms with Crippen molar-refractivity contribution in [3.05, 3.63) is 81.6 Å². The fourth-order valence-electron chi connectivity index (χ4n) is 5.71. The van der Waals surface area contributed by atoms with Crippen molar-refractivity contribution < 1.29 is 30.0 Å². The van der Waals surface area contributed by atoms with E-state index in [4.69, 9.17) is 28.2 Å². The summed E-state index contributed by atoms with van der Waals surface area (Å²) in [6.07, 6.45) is 0.651. The minimum atomic E-state index is -1.47. The summed E-state index contributed by atoms with van der Waals surface area (Å²) < 4.78 is 0. The molecule has 14 nitrogen and oxygen atoms in total. The molecule has 2 amide bonds. The number of nitrogens with zero attached hydrogens (tertiary/aromatic N) is 3. The van der Waals surface area contributed by atoms with E-state index in [-0.39, 0.29) is 40.9 Å². The molecule has 0 unspecified atom stereocenters. The molecular formula is C37H55ClN8O6. The fraction of sp³-hybridized carbons (Fsp3) is 0.514. The lowest BCUT2D eigenvalue weighted by atomic mass is 9.95. The fourth-order valence-corrected chi connectivity index (χ4v) is 5.84. The van der Waals surface area contributed by atoms with Crippen LogP contribution in [-0.2, 0) is 13.0 Å². The summed E-state index contributed by atoms with van der Waals surface area (Å²) in [5.41, 5.74) is 15.2. The Kier molecular flexibility index (Phi) is 18.2. The third kappa shape index (κ3) is 13.9. The van der Waals surface area contributed by atoms with Crippen LogP contribution < -0.4 is 27.4 Å². The van der Waals surface area contributed by atoms with Crippen molar-refractivity contribution >= 4 is 35.1 Å². The lowest BCUT2D eigenvalue weighted by molar-refractivity contribution is -0.0840. The number of carbonyl (C=O) groups is 2. The van der Waals surface area contributed by atoms with Gasteiger partial charge in [0.25, 0.3) is 11.8 Å². The van der Waals surface area contributed by atoms with Crippen LogP contribution in [0.2, 0.25) is 5.15 Å². The van der Waals surface area contributed by atoms with Crippen LogP contribution in [0.4, 0.5) is 11.6 Å². The maximum absolute atomic E-state index is 12.9. The number of aryl methyl sites for hydroxylation is 1. The maximum Gasteiger partial charge on any atom is 0.273 e. The molecule has 0 spiro atoms. The number of nitrogens with one attached hydrogen (secondary N) is 3. The van der Waals surface area contributed by atoms with Crippen LogP contribution in [0.15, 0.2) is 48.5 Å². The van der Waals surface area contributed by atoms with Crippen LogP contribution in [0, 0.1) is 12.8 Å². The SMILES string of the molecule is CCCCCCN(CCNC(=O)c1ccc(CNC[C@@H](CNC(=O)c2nc(Cl)c(N)nc2N)Cc2ccccc2C)cc1)C[C@@H](O)[C@H](O)[C@@H](O)CO. The van der Waals surface area contributed by atoms with E-state index in [1.54, 1.807) is 12.1 Å². The Labute approximate surface area is 311 Å². The summed E-state index contributed by atoms with van der Waals surface area (Å²) in [4.78, 5) is 35.7. The number of aromatic nitrogens is 2. The molecule has 3 aromatic rings. The van der Waals surface area contributed by atoms with Gasteiger partial charge in [0.05, 0.1) is 12.7 Å². The highest BCUT2D eigenvalue weighted by Crippen LogP contribution is 2.18. The monoisotopic (exact) mass is 742 g/mol. The van der Waals surface area contributed by atoms with Gasteiger partial charge in [-0.3, -0.25) is 14.5 Å². The molecule has 286 valence electrons. The average Bonchev–Trinajstić information content (AvgIpc) is 3.13. The van der Waals surface area contributed by atoms with Crippen LogP contribution in [0.25, 0.3) is 0 Å². The summed E-state index contributed by atoms with van der Waals surface area (Å²) in [5, 5.41) is 48.5. The van der Waals surface area contributed by atoms with Gasteiger partial charge in [-0.1, -0.05) is 74.2 Å². The summed E-state index contributed by atoms with van der Waals surface area (Å²) in [7, 11) is 0. The number of amides is 2. The smallest absolute Gasteiger partial charge is 0.273 e. The van der Waals surface area contributed by atoms with Crippen molar-refractivity contribution in [3.8, 4) is 0 Å². The Balaban J connectivity index is 1.53. The van der Waals surface area contributed by atoms with Gasteiger partial charge in [-0.2, -0.15) is 0 Å². The summed E-state index contributed by atoms with van der Waals surface area (Å²) in [6, 6.07) is 15.4. The van der Waals surface area contributed by atoms with Crippen molar-refractivity contribution in [1.29, 1.82) is 0 Å². The van der Waals surface area contributed by atoms with E-state index in [1.165, 1.54) is 5.56 Å². The van der Waals surface area contributed by atoms with Gasteiger partial charge in [0, 0.05) is 44.8 Å². The number of aliphatic hydroxyl groups excluding tert-OH is 4. The molecule has 1 aromatic heterocycles. The van der Waals surface area contributed by atoms with Crippen LogP contribution >= 0.6 is 11.6 Å². The molecule has 52 heavy (non-hydrogen) atoms. The van der Waals surface area contributed by atoms with Crippen LogP contribution in [0.3, 0.4) is 0 Å². The molecule has 15 heteroatoms. The molecule has 0 radical (unpaired) electrons. The van der Waals surface area contributed by atoms with E-state index in [2.05, 4.69) is 51.9 Å². The number of hydrogen-bond acceptors (Lipinski definition) is 12. The second-order valence-electron chi connectivity index (χ2n) is 13.1. The van der Waals surface area contributed by atoms with Crippen molar-refractivity contribution in [1.82, 2.24) is 30.8 Å². The molecule has 0 aliphatic heterocycles. The van der Waals surface area contributed by atoms with E-state index in [1.807, 2.05) is 29.2 Å². The van der Waals surface area contributed by atoms with Crippen molar-refractivity contribution in [3.63, 3.8) is 0 Å². The third-order valence-corrected chi connectivity index (χ3v) is 9.16. The molecule has 4 atom stereocenters. The van der Waals surface area contributed by atoms with Gasteiger partial charge < -0.3 is 47.8 Å². The van der Waals surface area contributed by atoms with E-state index >= 15 is 0 Å². The summed E-state index contributed by atoms with van der Waals surface area (Å²) in [5.74, 6) is -0.858. The van der Waals surface area contributed by atoms with Crippen LogP contribution in [0.1, 0.15) is 70.1 Å².